The van der Waals surface area contributed by atoms with Gasteiger partial charge in [0.2, 0.25) is 0 Å². The molecular weight excluding hydrogens is 112 g/mol. The van der Waals surface area contributed by atoms with Gasteiger partial charge in [0.25, 0.3) is 0 Å². The largest absolute Gasteiger partial charge is 0.378 e. The van der Waals surface area contributed by atoms with E-state index >= 15 is 0 Å². The monoisotopic (exact) mass is 126 g/mol. The fourth-order valence-electron chi connectivity index (χ4n) is 2.30. The normalized spacial score (nSPS) is 62.3. The molecule has 0 aromatic rings. The van der Waals surface area contributed by atoms with Gasteiger partial charge in [-0.25, -0.2) is 0 Å². The second-order valence-corrected chi connectivity index (χ2v) is 3.87. The van der Waals surface area contributed by atoms with Gasteiger partial charge in [-0.1, -0.05) is 6.92 Å². The van der Waals surface area contributed by atoms with Gasteiger partial charge in [0.15, 0.2) is 0 Å². The Morgan fingerprint density at radius 1 is 1.56 bits per heavy atom. The topological polar surface area (TPSA) is 9.23 Å². The van der Waals surface area contributed by atoms with E-state index < -0.39 is 0 Å². The third kappa shape index (κ3) is 0.454. The minimum absolute atomic E-state index is 0.270. The average molecular weight is 126 g/mol. The Hall–Kier alpha value is -0.0400. The lowest BCUT2D eigenvalue weighted by molar-refractivity contribution is 0.0752. The molecule has 2 saturated carbocycles. The molecule has 0 aromatic carbocycles. The molecule has 3 unspecified atom stereocenters. The standard InChI is InChI=1S/C8H14O/c1-6-4-8(6)5-7(8,2)9-3/h6H,4-5H2,1-3H3. The van der Waals surface area contributed by atoms with Crippen molar-refractivity contribution in [3.8, 4) is 0 Å². The highest BCUT2D eigenvalue weighted by Crippen LogP contribution is 2.77. The summed E-state index contributed by atoms with van der Waals surface area (Å²) in [7, 11) is 1.83. The second kappa shape index (κ2) is 1.20. The van der Waals surface area contributed by atoms with Gasteiger partial charge < -0.3 is 4.74 Å². The van der Waals surface area contributed by atoms with Crippen LogP contribution in [0.15, 0.2) is 0 Å². The van der Waals surface area contributed by atoms with Crippen LogP contribution in [-0.4, -0.2) is 12.7 Å². The van der Waals surface area contributed by atoms with Gasteiger partial charge in [-0.2, -0.15) is 0 Å². The summed E-state index contributed by atoms with van der Waals surface area (Å²) in [6.07, 6.45) is 2.70. The van der Waals surface area contributed by atoms with Crippen LogP contribution in [0.1, 0.15) is 26.7 Å². The van der Waals surface area contributed by atoms with E-state index in [1.165, 1.54) is 12.8 Å². The van der Waals surface area contributed by atoms with Gasteiger partial charge in [-0.05, 0) is 25.7 Å². The summed E-state index contributed by atoms with van der Waals surface area (Å²) in [4.78, 5) is 0. The summed E-state index contributed by atoms with van der Waals surface area (Å²) < 4.78 is 5.40. The van der Waals surface area contributed by atoms with Gasteiger partial charge in [0.1, 0.15) is 0 Å². The van der Waals surface area contributed by atoms with Gasteiger partial charge >= 0.3 is 0 Å². The van der Waals surface area contributed by atoms with Crippen molar-refractivity contribution in [3.63, 3.8) is 0 Å². The summed E-state index contributed by atoms with van der Waals surface area (Å²) in [5, 5.41) is 0. The Bertz CT molecular complexity index is 149. The van der Waals surface area contributed by atoms with Crippen LogP contribution in [-0.2, 0) is 4.74 Å². The number of ether oxygens (including phenoxy) is 1. The van der Waals surface area contributed by atoms with Crippen LogP contribution in [0.2, 0.25) is 0 Å². The summed E-state index contributed by atoms with van der Waals surface area (Å²) in [6, 6.07) is 0. The Kier molecular flexibility index (Phi) is 0.760. The van der Waals surface area contributed by atoms with Crippen molar-refractivity contribution in [2.45, 2.75) is 32.3 Å². The van der Waals surface area contributed by atoms with Crippen LogP contribution >= 0.6 is 0 Å². The molecule has 1 spiro atoms. The van der Waals surface area contributed by atoms with Crippen molar-refractivity contribution in [1.29, 1.82) is 0 Å². The van der Waals surface area contributed by atoms with E-state index in [2.05, 4.69) is 13.8 Å². The molecule has 0 aliphatic heterocycles. The number of methoxy groups -OCH3 is 1. The molecule has 0 amide bonds. The number of hydrogen-bond acceptors (Lipinski definition) is 1. The molecule has 3 atom stereocenters. The first-order valence-corrected chi connectivity index (χ1v) is 3.70. The Morgan fingerprint density at radius 3 is 2.22 bits per heavy atom. The molecule has 9 heavy (non-hydrogen) atoms. The molecule has 2 aliphatic carbocycles. The van der Waals surface area contributed by atoms with Crippen molar-refractivity contribution in [2.75, 3.05) is 7.11 Å². The van der Waals surface area contributed by atoms with Crippen LogP contribution in [0.5, 0.6) is 0 Å². The van der Waals surface area contributed by atoms with Crippen LogP contribution < -0.4 is 0 Å². The average Bonchev–Trinajstić information content (AvgIpc) is 2.58. The number of rotatable bonds is 1. The molecule has 0 saturated heterocycles. The molecule has 0 radical (unpaired) electrons. The fraction of sp³-hybridized carbons (Fsp3) is 1.00. The van der Waals surface area contributed by atoms with Crippen LogP contribution in [0.3, 0.4) is 0 Å². The highest BCUT2D eigenvalue weighted by molar-refractivity contribution is 5.26. The summed E-state index contributed by atoms with van der Waals surface area (Å²) in [5.41, 5.74) is 0.911. The summed E-state index contributed by atoms with van der Waals surface area (Å²) in [6.45, 7) is 4.56. The highest BCUT2D eigenvalue weighted by Gasteiger charge is 2.76. The SMILES string of the molecule is COC1(C)CC12CC2C. The van der Waals surface area contributed by atoms with Crippen molar-refractivity contribution in [3.05, 3.63) is 0 Å². The maximum Gasteiger partial charge on any atom is 0.0716 e. The van der Waals surface area contributed by atoms with E-state index in [0.717, 1.165) is 5.92 Å². The quantitative estimate of drug-likeness (QED) is 0.520. The summed E-state index contributed by atoms with van der Waals surface area (Å²) >= 11 is 0. The number of hydrogen-bond donors (Lipinski definition) is 0. The zero-order valence-electron chi connectivity index (χ0n) is 6.40. The minimum Gasteiger partial charge on any atom is -0.378 e. The Morgan fingerprint density at radius 2 is 2.11 bits per heavy atom. The van der Waals surface area contributed by atoms with E-state index in [4.69, 9.17) is 4.74 Å². The Balaban J connectivity index is 2.10. The maximum absolute atomic E-state index is 5.40. The lowest BCUT2D eigenvalue weighted by Gasteiger charge is -2.06. The van der Waals surface area contributed by atoms with E-state index in [0.29, 0.717) is 5.41 Å². The van der Waals surface area contributed by atoms with Crippen LogP contribution in [0.4, 0.5) is 0 Å². The molecule has 1 nitrogen and oxygen atoms in total. The molecule has 52 valence electrons. The maximum atomic E-state index is 5.40. The van der Waals surface area contributed by atoms with E-state index in [-0.39, 0.29) is 5.60 Å². The van der Waals surface area contributed by atoms with E-state index in [1.54, 1.807) is 0 Å². The predicted molar refractivity (Wildman–Crippen MR) is 36.2 cm³/mol. The third-order valence-electron chi connectivity index (χ3n) is 3.49. The molecule has 0 N–H and O–H groups in total. The second-order valence-electron chi connectivity index (χ2n) is 3.87. The molecular formula is C8H14O. The van der Waals surface area contributed by atoms with Gasteiger partial charge in [-0.15, -0.1) is 0 Å². The lowest BCUT2D eigenvalue weighted by atomic mass is 10.2. The first-order valence-electron chi connectivity index (χ1n) is 3.70. The molecule has 2 fully saturated rings. The molecule has 0 heterocycles. The van der Waals surface area contributed by atoms with E-state index in [1.807, 2.05) is 7.11 Å². The molecule has 0 aromatic heterocycles. The van der Waals surface area contributed by atoms with Gasteiger partial charge in [-0.3, -0.25) is 0 Å². The van der Waals surface area contributed by atoms with Crippen LogP contribution in [0, 0.1) is 11.3 Å². The molecule has 0 bridgehead atoms. The fourth-order valence-corrected chi connectivity index (χ4v) is 2.30. The highest BCUT2D eigenvalue weighted by atomic mass is 16.5. The Labute approximate surface area is 56.4 Å². The van der Waals surface area contributed by atoms with Crippen molar-refractivity contribution in [2.24, 2.45) is 11.3 Å². The molecule has 1 heteroatoms. The van der Waals surface area contributed by atoms with Gasteiger partial charge in [0.05, 0.1) is 5.60 Å². The first kappa shape index (κ1) is 5.72. The zero-order valence-corrected chi connectivity index (χ0v) is 6.40. The minimum atomic E-state index is 0.270. The van der Waals surface area contributed by atoms with E-state index in [9.17, 15) is 0 Å². The molecule has 2 aliphatic rings. The first-order chi connectivity index (χ1) is 4.15. The molecule has 2 rings (SSSR count). The van der Waals surface area contributed by atoms with Gasteiger partial charge in [0, 0.05) is 12.5 Å². The van der Waals surface area contributed by atoms with Crippen molar-refractivity contribution >= 4 is 0 Å². The van der Waals surface area contributed by atoms with Crippen molar-refractivity contribution < 1.29 is 4.74 Å². The summed E-state index contributed by atoms with van der Waals surface area (Å²) in [5.74, 6) is 0.933. The smallest absolute Gasteiger partial charge is 0.0716 e. The third-order valence-corrected chi connectivity index (χ3v) is 3.49. The predicted octanol–water partition coefficient (Wildman–Crippen LogP) is 1.82. The van der Waals surface area contributed by atoms with Crippen LogP contribution in [0.25, 0.3) is 0 Å². The van der Waals surface area contributed by atoms with Crippen molar-refractivity contribution in [1.82, 2.24) is 0 Å². The zero-order chi connectivity index (χ0) is 6.70. The lowest BCUT2D eigenvalue weighted by Crippen LogP contribution is -2.09.